The fraction of sp³-hybridized carbons (Fsp3) is 1.00. The van der Waals surface area contributed by atoms with Gasteiger partial charge in [0.05, 0.1) is 11.0 Å². The molecule has 78 valence electrons. The van der Waals surface area contributed by atoms with Crippen molar-refractivity contribution in [2.24, 2.45) is 5.41 Å². The van der Waals surface area contributed by atoms with Crippen LogP contribution in [0.5, 0.6) is 0 Å². The van der Waals surface area contributed by atoms with Crippen molar-refractivity contribution in [1.29, 1.82) is 0 Å². The maximum atomic E-state index is 11.6. The molecule has 3 nitrogen and oxygen atoms in total. The first-order chi connectivity index (χ1) is 5.81. The molecule has 1 aliphatic heterocycles. The predicted molar refractivity (Wildman–Crippen MR) is 54.5 cm³/mol. The Hall–Kier alpha value is -0.0900. The van der Waals surface area contributed by atoms with E-state index in [2.05, 4.69) is 26.1 Å². The zero-order chi connectivity index (χ0) is 10.1. The minimum Gasteiger partial charge on any atom is -0.314 e. The molecule has 0 bridgehead atoms. The van der Waals surface area contributed by atoms with E-state index < -0.39 is 9.84 Å². The largest absolute Gasteiger partial charge is 0.314 e. The molecule has 4 heteroatoms. The molecule has 1 saturated heterocycles. The molecule has 13 heavy (non-hydrogen) atoms. The van der Waals surface area contributed by atoms with Gasteiger partial charge in [-0.25, -0.2) is 8.42 Å². The van der Waals surface area contributed by atoms with Crippen LogP contribution in [0.1, 0.15) is 27.2 Å². The van der Waals surface area contributed by atoms with Gasteiger partial charge in [-0.3, -0.25) is 0 Å². The maximum absolute atomic E-state index is 11.6. The van der Waals surface area contributed by atoms with E-state index in [1.54, 1.807) is 0 Å². The lowest BCUT2D eigenvalue weighted by Gasteiger charge is -2.28. The first kappa shape index (κ1) is 11.0. The monoisotopic (exact) mass is 205 g/mol. The highest BCUT2D eigenvalue weighted by molar-refractivity contribution is 7.92. The first-order valence-corrected chi connectivity index (χ1v) is 6.45. The molecule has 1 fully saturated rings. The highest BCUT2D eigenvalue weighted by Crippen LogP contribution is 2.21. The smallest absolute Gasteiger partial charge is 0.155 e. The Bertz CT molecular complexity index is 260. The van der Waals surface area contributed by atoms with Gasteiger partial charge in [-0.2, -0.15) is 0 Å². The topological polar surface area (TPSA) is 46.2 Å². The van der Waals surface area contributed by atoms with Crippen LogP contribution in [0.2, 0.25) is 0 Å². The van der Waals surface area contributed by atoms with Gasteiger partial charge < -0.3 is 5.32 Å². The summed E-state index contributed by atoms with van der Waals surface area (Å²) >= 11 is 0. The van der Waals surface area contributed by atoms with E-state index >= 15 is 0 Å². The summed E-state index contributed by atoms with van der Waals surface area (Å²) < 4.78 is 23.2. The van der Waals surface area contributed by atoms with Gasteiger partial charge in [0.15, 0.2) is 9.84 Å². The Morgan fingerprint density at radius 3 is 2.15 bits per heavy atom. The summed E-state index contributed by atoms with van der Waals surface area (Å²) in [6.45, 7) is 7.50. The van der Waals surface area contributed by atoms with Crippen molar-refractivity contribution in [3.05, 3.63) is 0 Å². The molecular weight excluding hydrogens is 186 g/mol. The second-order valence-electron chi connectivity index (χ2n) is 4.96. The average molecular weight is 205 g/mol. The normalized spacial score (nSPS) is 19.9. The summed E-state index contributed by atoms with van der Waals surface area (Å²) in [5, 5.41) is 2.87. The summed E-state index contributed by atoms with van der Waals surface area (Å²) in [5.74, 6) is 0.336. The van der Waals surface area contributed by atoms with Gasteiger partial charge >= 0.3 is 0 Å². The first-order valence-electron chi connectivity index (χ1n) is 4.73. The van der Waals surface area contributed by atoms with Crippen LogP contribution in [0.25, 0.3) is 0 Å². The van der Waals surface area contributed by atoms with Crippen molar-refractivity contribution in [3.8, 4) is 0 Å². The zero-order valence-corrected chi connectivity index (χ0v) is 9.45. The molecule has 0 amide bonds. The highest BCUT2D eigenvalue weighted by atomic mass is 32.2. The summed E-state index contributed by atoms with van der Waals surface area (Å²) in [4.78, 5) is 0. The summed E-state index contributed by atoms with van der Waals surface area (Å²) in [7, 11) is -2.82. The minimum atomic E-state index is -2.82. The van der Waals surface area contributed by atoms with Gasteiger partial charge in [-0.15, -0.1) is 0 Å². The summed E-state index contributed by atoms with van der Waals surface area (Å²) in [6, 6.07) is 0. The Labute approximate surface area is 80.8 Å². The number of sulfone groups is 1. The lowest BCUT2D eigenvalue weighted by molar-refractivity contribution is 0.394. The highest BCUT2D eigenvalue weighted by Gasteiger charge is 2.31. The molecule has 1 heterocycles. The van der Waals surface area contributed by atoms with Crippen molar-refractivity contribution in [3.63, 3.8) is 0 Å². The predicted octanol–water partition coefficient (Wildman–Crippen LogP) is 0.809. The van der Waals surface area contributed by atoms with E-state index in [0.717, 1.165) is 6.42 Å². The number of hydrogen-bond acceptors (Lipinski definition) is 3. The van der Waals surface area contributed by atoms with Gasteiger partial charge in [0.2, 0.25) is 0 Å². The maximum Gasteiger partial charge on any atom is 0.155 e. The van der Waals surface area contributed by atoms with E-state index in [1.165, 1.54) is 0 Å². The van der Waals surface area contributed by atoms with Crippen molar-refractivity contribution >= 4 is 9.84 Å². The van der Waals surface area contributed by atoms with Gasteiger partial charge in [0, 0.05) is 13.1 Å². The Balaban J connectivity index is 2.43. The van der Waals surface area contributed by atoms with Crippen LogP contribution >= 0.6 is 0 Å². The lowest BCUT2D eigenvalue weighted by Crippen LogP contribution is -2.52. The van der Waals surface area contributed by atoms with E-state index in [4.69, 9.17) is 0 Å². The van der Waals surface area contributed by atoms with Crippen molar-refractivity contribution < 1.29 is 8.42 Å². The molecule has 0 aliphatic carbocycles. The molecule has 0 spiro atoms. The third-order valence-corrected chi connectivity index (χ3v) is 4.51. The Morgan fingerprint density at radius 1 is 1.31 bits per heavy atom. The number of hydrogen-bond donors (Lipinski definition) is 1. The van der Waals surface area contributed by atoms with E-state index in [1.807, 2.05) is 0 Å². The van der Waals surface area contributed by atoms with Gasteiger partial charge in [-0.1, -0.05) is 20.8 Å². The average Bonchev–Trinajstić information content (AvgIpc) is 1.77. The van der Waals surface area contributed by atoms with Crippen LogP contribution in [-0.2, 0) is 9.84 Å². The molecule has 0 unspecified atom stereocenters. The van der Waals surface area contributed by atoms with Crippen molar-refractivity contribution in [2.45, 2.75) is 32.4 Å². The third kappa shape index (κ3) is 3.27. The van der Waals surface area contributed by atoms with Crippen molar-refractivity contribution in [1.82, 2.24) is 5.32 Å². The molecule has 0 atom stereocenters. The fourth-order valence-corrected chi connectivity index (χ4v) is 3.11. The molecule has 1 aliphatic rings. The summed E-state index contributed by atoms with van der Waals surface area (Å²) in [6.07, 6.45) is 0.756. The quantitative estimate of drug-likeness (QED) is 0.741. The summed E-state index contributed by atoms with van der Waals surface area (Å²) in [5.41, 5.74) is 0.115. The number of rotatable bonds is 3. The molecule has 1 N–H and O–H groups in total. The second kappa shape index (κ2) is 3.58. The van der Waals surface area contributed by atoms with Gasteiger partial charge in [0.1, 0.15) is 0 Å². The minimum absolute atomic E-state index is 0.115. The van der Waals surface area contributed by atoms with Crippen LogP contribution in [0.3, 0.4) is 0 Å². The third-order valence-electron chi connectivity index (χ3n) is 2.39. The van der Waals surface area contributed by atoms with Crippen LogP contribution < -0.4 is 5.32 Å². The number of nitrogens with one attached hydrogen (secondary N) is 1. The molecule has 1 rings (SSSR count). The molecule has 0 aromatic rings. The molecule has 0 aromatic carbocycles. The molecule has 0 saturated carbocycles. The second-order valence-corrected chi connectivity index (χ2v) is 7.36. The lowest BCUT2D eigenvalue weighted by atomic mass is 9.94. The SMILES string of the molecule is CC(C)(C)CCS(=O)(=O)C1CNC1. The van der Waals surface area contributed by atoms with E-state index in [9.17, 15) is 8.42 Å². The molecular formula is C9H19NO2S. The Kier molecular flexibility index (Phi) is 3.02. The van der Waals surface area contributed by atoms with Crippen LogP contribution in [-0.4, -0.2) is 32.5 Å². The zero-order valence-electron chi connectivity index (χ0n) is 8.63. The van der Waals surface area contributed by atoms with Crippen LogP contribution in [0.4, 0.5) is 0 Å². The van der Waals surface area contributed by atoms with Gasteiger partial charge in [0.25, 0.3) is 0 Å². The standard InChI is InChI=1S/C9H19NO2S/c1-9(2,3)4-5-13(11,12)8-6-10-7-8/h8,10H,4-7H2,1-3H3. The fourth-order valence-electron chi connectivity index (χ4n) is 1.13. The molecule has 0 radical (unpaired) electrons. The Morgan fingerprint density at radius 2 is 1.85 bits per heavy atom. The van der Waals surface area contributed by atoms with Crippen LogP contribution in [0.15, 0.2) is 0 Å². The van der Waals surface area contributed by atoms with Gasteiger partial charge in [-0.05, 0) is 11.8 Å². The van der Waals surface area contributed by atoms with Crippen molar-refractivity contribution in [2.75, 3.05) is 18.8 Å². The van der Waals surface area contributed by atoms with Crippen LogP contribution in [0, 0.1) is 5.41 Å². The molecule has 0 aromatic heterocycles. The van der Waals surface area contributed by atoms with E-state index in [-0.39, 0.29) is 10.7 Å². The van der Waals surface area contributed by atoms with E-state index in [0.29, 0.717) is 18.8 Å².